The van der Waals surface area contributed by atoms with E-state index in [4.69, 9.17) is 0 Å². The Balaban J connectivity index is 2.46. The molecular weight excluding hydrogens is 206 g/mol. The fourth-order valence-electron chi connectivity index (χ4n) is 1.39. The van der Waals surface area contributed by atoms with Crippen LogP contribution in [0.15, 0.2) is 41.6 Å². The van der Waals surface area contributed by atoms with Crippen LogP contribution in [-0.4, -0.2) is 16.5 Å². The van der Waals surface area contributed by atoms with Crippen LogP contribution in [0.5, 0.6) is 0 Å². The molecule has 0 fully saturated rings. The maximum atomic E-state index is 10.6. The van der Waals surface area contributed by atoms with Crippen LogP contribution in [0.3, 0.4) is 0 Å². The van der Waals surface area contributed by atoms with Gasteiger partial charge in [-0.05, 0) is 18.4 Å². The van der Waals surface area contributed by atoms with Gasteiger partial charge in [-0.15, -0.1) is 0 Å². The molecule has 2 rings (SSSR count). The van der Waals surface area contributed by atoms with Crippen LogP contribution in [-0.2, 0) is 4.79 Å². The molecule has 2 aromatic rings. The van der Waals surface area contributed by atoms with Crippen molar-refractivity contribution in [2.45, 2.75) is 17.2 Å². The maximum absolute atomic E-state index is 10.6. The molecule has 1 aromatic carbocycles. The lowest BCUT2D eigenvalue weighted by Gasteiger charge is -2.06. The molecule has 0 saturated heterocycles. The van der Waals surface area contributed by atoms with E-state index in [0.717, 1.165) is 22.1 Å². The third-order valence-electron chi connectivity index (χ3n) is 2.13. The number of hydrogen-bond donors (Lipinski definition) is 0. The molecule has 2 nitrogen and oxygen atoms in total. The van der Waals surface area contributed by atoms with E-state index in [-0.39, 0.29) is 5.25 Å². The third kappa shape index (κ3) is 2.18. The number of nitrogens with zero attached hydrogens (tertiary/aromatic N) is 1. The lowest BCUT2D eigenvalue weighted by atomic mass is 10.2. The Morgan fingerprint density at radius 2 is 2.13 bits per heavy atom. The summed E-state index contributed by atoms with van der Waals surface area (Å²) in [6.07, 6.45) is 2.72. The lowest BCUT2D eigenvalue weighted by molar-refractivity contribution is -0.107. The average molecular weight is 217 g/mol. The van der Waals surface area contributed by atoms with Crippen molar-refractivity contribution in [2.75, 3.05) is 0 Å². The van der Waals surface area contributed by atoms with Gasteiger partial charge in [0.25, 0.3) is 0 Å². The van der Waals surface area contributed by atoms with Gasteiger partial charge in [0.15, 0.2) is 0 Å². The molecular formula is C12H11NOS. The molecule has 3 heteroatoms. The van der Waals surface area contributed by atoms with Crippen molar-refractivity contribution in [1.82, 2.24) is 4.98 Å². The lowest BCUT2D eigenvalue weighted by Crippen LogP contribution is -1.97. The minimum absolute atomic E-state index is 0.0525. The van der Waals surface area contributed by atoms with Crippen LogP contribution in [0.25, 0.3) is 10.8 Å². The minimum Gasteiger partial charge on any atom is -0.302 e. The zero-order valence-corrected chi connectivity index (χ0v) is 9.20. The number of aldehydes is 1. The largest absolute Gasteiger partial charge is 0.302 e. The van der Waals surface area contributed by atoms with Gasteiger partial charge in [0.2, 0.25) is 0 Å². The summed E-state index contributed by atoms with van der Waals surface area (Å²) in [6.45, 7) is 1.88. The molecule has 0 N–H and O–H groups in total. The van der Waals surface area contributed by atoms with E-state index in [9.17, 15) is 4.79 Å². The Kier molecular flexibility index (Phi) is 3.02. The Hall–Kier alpha value is -1.35. The van der Waals surface area contributed by atoms with Crippen molar-refractivity contribution in [1.29, 1.82) is 0 Å². The van der Waals surface area contributed by atoms with Crippen molar-refractivity contribution in [3.63, 3.8) is 0 Å². The second kappa shape index (κ2) is 4.45. The summed E-state index contributed by atoms with van der Waals surface area (Å²) in [5.74, 6) is 0. The van der Waals surface area contributed by atoms with Crippen molar-refractivity contribution in [2.24, 2.45) is 0 Å². The summed E-state index contributed by atoms with van der Waals surface area (Å²) in [7, 11) is 0. The van der Waals surface area contributed by atoms with Crippen LogP contribution in [0.4, 0.5) is 0 Å². The van der Waals surface area contributed by atoms with Gasteiger partial charge in [-0.3, -0.25) is 0 Å². The predicted octanol–water partition coefficient (Wildman–Crippen LogP) is 2.91. The van der Waals surface area contributed by atoms with Gasteiger partial charge in [-0.2, -0.15) is 0 Å². The predicted molar refractivity (Wildman–Crippen MR) is 63.1 cm³/mol. The van der Waals surface area contributed by atoms with E-state index in [1.807, 2.05) is 37.3 Å². The van der Waals surface area contributed by atoms with Gasteiger partial charge in [-0.25, -0.2) is 4.98 Å². The highest BCUT2D eigenvalue weighted by atomic mass is 32.2. The smallest absolute Gasteiger partial charge is 0.133 e. The summed E-state index contributed by atoms with van der Waals surface area (Å²) >= 11 is 1.49. The summed E-state index contributed by atoms with van der Waals surface area (Å²) in [5, 5.41) is 3.14. The van der Waals surface area contributed by atoms with Gasteiger partial charge in [0, 0.05) is 11.6 Å². The molecule has 0 aliphatic rings. The normalized spacial score (nSPS) is 12.6. The minimum atomic E-state index is -0.0525. The first-order valence-corrected chi connectivity index (χ1v) is 5.65. The number of fused-ring (bicyclic) bond motifs is 1. The van der Waals surface area contributed by atoms with Crippen LogP contribution in [0, 0.1) is 0 Å². The number of carbonyl (C=O) groups excluding carboxylic acids is 1. The number of pyridine rings is 1. The third-order valence-corrected chi connectivity index (χ3v) is 3.16. The van der Waals surface area contributed by atoms with Gasteiger partial charge >= 0.3 is 0 Å². The van der Waals surface area contributed by atoms with E-state index in [1.165, 1.54) is 11.8 Å². The highest BCUT2D eigenvalue weighted by molar-refractivity contribution is 8.00. The molecule has 76 valence electrons. The van der Waals surface area contributed by atoms with Gasteiger partial charge in [-0.1, -0.05) is 36.0 Å². The standard InChI is InChI=1S/C12H11NOS/c1-9(8-14)15-12-11-5-3-2-4-10(11)6-7-13-12/h2-9H,1H3. The SMILES string of the molecule is CC(C=O)Sc1nccc2ccccc12. The van der Waals surface area contributed by atoms with Crippen LogP contribution >= 0.6 is 11.8 Å². The number of hydrogen-bond acceptors (Lipinski definition) is 3. The first-order chi connectivity index (χ1) is 7.31. The maximum Gasteiger partial charge on any atom is 0.133 e. The summed E-state index contributed by atoms with van der Waals surface area (Å²) < 4.78 is 0. The molecule has 0 radical (unpaired) electrons. The molecule has 0 aliphatic heterocycles. The number of benzene rings is 1. The fourth-order valence-corrected chi connectivity index (χ4v) is 2.23. The van der Waals surface area contributed by atoms with Crippen molar-refractivity contribution < 1.29 is 4.79 Å². The van der Waals surface area contributed by atoms with Crippen LogP contribution in [0.2, 0.25) is 0 Å². The van der Waals surface area contributed by atoms with Gasteiger partial charge < -0.3 is 4.79 Å². The molecule has 0 spiro atoms. The van der Waals surface area contributed by atoms with E-state index in [0.29, 0.717) is 0 Å². The van der Waals surface area contributed by atoms with Crippen molar-refractivity contribution in [3.05, 3.63) is 36.5 Å². The molecule has 1 unspecified atom stereocenters. The average Bonchev–Trinajstić information content (AvgIpc) is 2.29. The molecule has 0 saturated carbocycles. The Bertz CT molecular complexity index is 479. The number of rotatable bonds is 3. The zero-order chi connectivity index (χ0) is 10.7. The number of carbonyl (C=O) groups is 1. The molecule has 1 atom stereocenters. The van der Waals surface area contributed by atoms with E-state index >= 15 is 0 Å². The quantitative estimate of drug-likeness (QED) is 0.585. The molecule has 0 amide bonds. The van der Waals surface area contributed by atoms with Crippen LogP contribution in [0.1, 0.15) is 6.92 Å². The summed E-state index contributed by atoms with van der Waals surface area (Å²) in [5.41, 5.74) is 0. The Labute approximate surface area is 92.7 Å². The first kappa shape index (κ1) is 10.2. The first-order valence-electron chi connectivity index (χ1n) is 4.77. The van der Waals surface area contributed by atoms with Gasteiger partial charge in [0.1, 0.15) is 11.3 Å². The molecule has 1 heterocycles. The van der Waals surface area contributed by atoms with Crippen LogP contribution < -0.4 is 0 Å². The van der Waals surface area contributed by atoms with Crippen molar-refractivity contribution in [3.8, 4) is 0 Å². The highest BCUT2D eigenvalue weighted by Gasteiger charge is 2.06. The molecule has 0 bridgehead atoms. The second-order valence-electron chi connectivity index (χ2n) is 3.30. The molecule has 0 aliphatic carbocycles. The number of aromatic nitrogens is 1. The summed E-state index contributed by atoms with van der Waals surface area (Å²) in [6, 6.07) is 10.0. The number of thioether (sulfide) groups is 1. The Morgan fingerprint density at radius 1 is 1.33 bits per heavy atom. The monoisotopic (exact) mass is 217 g/mol. The Morgan fingerprint density at radius 3 is 2.93 bits per heavy atom. The van der Waals surface area contributed by atoms with Crippen molar-refractivity contribution >= 4 is 28.8 Å². The summed E-state index contributed by atoms with van der Waals surface area (Å²) in [4.78, 5) is 14.9. The van der Waals surface area contributed by atoms with E-state index < -0.39 is 0 Å². The van der Waals surface area contributed by atoms with E-state index in [1.54, 1.807) is 6.20 Å². The second-order valence-corrected chi connectivity index (χ2v) is 4.66. The fraction of sp³-hybridized carbons (Fsp3) is 0.167. The molecule has 15 heavy (non-hydrogen) atoms. The highest BCUT2D eigenvalue weighted by Crippen LogP contribution is 2.27. The van der Waals surface area contributed by atoms with Gasteiger partial charge in [0.05, 0.1) is 5.25 Å². The van der Waals surface area contributed by atoms with E-state index in [2.05, 4.69) is 4.98 Å². The zero-order valence-electron chi connectivity index (χ0n) is 8.38. The topological polar surface area (TPSA) is 30.0 Å². The molecule has 1 aromatic heterocycles.